The van der Waals surface area contributed by atoms with Crippen molar-refractivity contribution in [1.82, 2.24) is 9.13 Å². The molecule has 0 unspecified atom stereocenters. The smallest absolute Gasteiger partial charge is 0.137 e. The highest BCUT2D eigenvalue weighted by molar-refractivity contribution is 6.17. The van der Waals surface area contributed by atoms with E-state index in [-0.39, 0.29) is 0 Å². The van der Waals surface area contributed by atoms with Crippen molar-refractivity contribution >= 4 is 65.6 Å². The van der Waals surface area contributed by atoms with Gasteiger partial charge >= 0.3 is 0 Å². The molecule has 3 aromatic heterocycles. The van der Waals surface area contributed by atoms with E-state index in [4.69, 9.17) is 4.42 Å². The molecular weight excluding hydrogens is 574 g/mol. The average molecular weight is 600 g/mol. The van der Waals surface area contributed by atoms with Crippen LogP contribution in [0.25, 0.3) is 88.1 Å². The Morgan fingerprint density at radius 2 is 0.979 bits per heavy atom. The summed E-state index contributed by atoms with van der Waals surface area (Å²) in [4.78, 5) is 0. The lowest BCUT2D eigenvalue weighted by Gasteiger charge is -2.12. The topological polar surface area (TPSA) is 46.8 Å². The molecule has 0 N–H and O–H groups in total. The van der Waals surface area contributed by atoms with Gasteiger partial charge in [-0.2, -0.15) is 5.26 Å². The number of rotatable bonds is 3. The van der Waals surface area contributed by atoms with Crippen LogP contribution in [-0.2, 0) is 0 Å². The van der Waals surface area contributed by atoms with Crippen LogP contribution in [0.2, 0.25) is 0 Å². The second-order valence-electron chi connectivity index (χ2n) is 12.1. The molecule has 3 heterocycles. The van der Waals surface area contributed by atoms with Gasteiger partial charge in [0.05, 0.1) is 33.7 Å². The standard InChI is InChI=1S/C43H25N3O/c44-26-28-23-30(46-38-13-5-1-9-32(38)33-10-2-6-14-39(33)46)21-22-31(28)27-17-19-29(20-18-27)45-40-15-7-3-11-34(40)36-24-37-35-12-4-8-16-42(35)47-43(37)25-41(36)45/h1-25H. The first-order chi connectivity index (χ1) is 23.3. The SMILES string of the molecule is N#Cc1cc(-n2c3ccccc3c3ccccc32)ccc1-c1ccc(-n2c3ccccc3c3cc4c(cc32)oc2ccccc24)cc1. The molecule has 4 nitrogen and oxygen atoms in total. The third-order valence-electron chi connectivity index (χ3n) is 9.57. The molecule has 0 amide bonds. The summed E-state index contributed by atoms with van der Waals surface area (Å²) in [6.07, 6.45) is 0. The van der Waals surface area contributed by atoms with Gasteiger partial charge in [-0.05, 0) is 65.7 Å². The van der Waals surface area contributed by atoms with Crippen LogP contribution in [0.3, 0.4) is 0 Å². The maximum absolute atomic E-state index is 10.3. The Bertz CT molecular complexity index is 2860. The van der Waals surface area contributed by atoms with E-state index in [2.05, 4.69) is 149 Å². The molecule has 7 aromatic carbocycles. The lowest BCUT2D eigenvalue weighted by Crippen LogP contribution is -1.96. The molecule has 10 rings (SSSR count). The second-order valence-corrected chi connectivity index (χ2v) is 12.1. The van der Waals surface area contributed by atoms with Crippen molar-refractivity contribution in [3.05, 3.63) is 157 Å². The molecule has 0 radical (unpaired) electrons. The third kappa shape index (κ3) is 3.69. The van der Waals surface area contributed by atoms with Crippen LogP contribution in [0.1, 0.15) is 5.56 Å². The molecule has 10 aromatic rings. The fraction of sp³-hybridized carbons (Fsp3) is 0. The third-order valence-corrected chi connectivity index (χ3v) is 9.57. The molecule has 0 aliphatic heterocycles. The van der Waals surface area contributed by atoms with Crippen LogP contribution in [0.4, 0.5) is 0 Å². The lowest BCUT2D eigenvalue weighted by molar-refractivity contribution is 0.669. The number of para-hydroxylation sites is 4. The fourth-order valence-corrected chi connectivity index (χ4v) is 7.47. The second kappa shape index (κ2) is 9.71. The highest BCUT2D eigenvalue weighted by atomic mass is 16.3. The van der Waals surface area contributed by atoms with Crippen molar-refractivity contribution in [1.29, 1.82) is 5.26 Å². The number of hydrogen-bond donors (Lipinski definition) is 0. The van der Waals surface area contributed by atoms with E-state index >= 15 is 0 Å². The molecule has 0 saturated heterocycles. The summed E-state index contributed by atoms with van der Waals surface area (Å²) in [5, 5.41) is 17.4. The number of hydrogen-bond acceptors (Lipinski definition) is 2. The number of benzene rings is 7. The van der Waals surface area contributed by atoms with Crippen molar-refractivity contribution in [3.63, 3.8) is 0 Å². The molecule has 0 spiro atoms. The number of aromatic nitrogens is 2. The largest absolute Gasteiger partial charge is 0.456 e. The summed E-state index contributed by atoms with van der Waals surface area (Å²) >= 11 is 0. The summed E-state index contributed by atoms with van der Waals surface area (Å²) in [6, 6.07) is 55.3. The molecule has 0 aliphatic rings. The van der Waals surface area contributed by atoms with Crippen LogP contribution in [0.5, 0.6) is 0 Å². The van der Waals surface area contributed by atoms with E-state index in [1.807, 2.05) is 18.2 Å². The highest BCUT2D eigenvalue weighted by Crippen LogP contribution is 2.39. The number of fused-ring (bicyclic) bond motifs is 9. The summed E-state index contributed by atoms with van der Waals surface area (Å²) < 4.78 is 10.8. The Kier molecular flexibility index (Phi) is 5.32. The van der Waals surface area contributed by atoms with Gasteiger partial charge in [-0.1, -0.05) is 91.0 Å². The first-order valence-corrected chi connectivity index (χ1v) is 15.7. The van der Waals surface area contributed by atoms with Gasteiger partial charge in [0.2, 0.25) is 0 Å². The Labute approximate surface area is 269 Å². The number of nitriles is 1. The van der Waals surface area contributed by atoms with Gasteiger partial charge in [-0.15, -0.1) is 0 Å². The van der Waals surface area contributed by atoms with Gasteiger partial charge in [0.25, 0.3) is 0 Å². The van der Waals surface area contributed by atoms with Crippen LogP contribution in [0, 0.1) is 11.3 Å². The Morgan fingerprint density at radius 1 is 0.426 bits per heavy atom. The minimum atomic E-state index is 0.640. The number of furan rings is 1. The van der Waals surface area contributed by atoms with E-state index in [1.165, 1.54) is 21.5 Å². The van der Waals surface area contributed by atoms with E-state index in [0.717, 1.165) is 66.5 Å². The molecule has 0 bridgehead atoms. The molecule has 0 aliphatic carbocycles. The van der Waals surface area contributed by atoms with Crippen molar-refractivity contribution in [3.8, 4) is 28.6 Å². The molecule has 47 heavy (non-hydrogen) atoms. The Hall–Kier alpha value is -6.57. The molecule has 0 fully saturated rings. The zero-order valence-corrected chi connectivity index (χ0v) is 25.2. The molecule has 0 atom stereocenters. The first-order valence-electron chi connectivity index (χ1n) is 15.7. The molecular formula is C43H25N3O. The van der Waals surface area contributed by atoms with Crippen molar-refractivity contribution < 1.29 is 4.42 Å². The summed E-state index contributed by atoms with van der Waals surface area (Å²) in [5.74, 6) is 0. The average Bonchev–Trinajstić information content (AvgIpc) is 3.78. The van der Waals surface area contributed by atoms with E-state index in [9.17, 15) is 5.26 Å². The minimum Gasteiger partial charge on any atom is -0.456 e. The van der Waals surface area contributed by atoms with E-state index in [1.54, 1.807) is 0 Å². The summed E-state index contributed by atoms with van der Waals surface area (Å²) in [7, 11) is 0. The van der Waals surface area contributed by atoms with Gasteiger partial charge in [-0.25, -0.2) is 0 Å². The van der Waals surface area contributed by atoms with Gasteiger partial charge in [0.1, 0.15) is 11.2 Å². The van der Waals surface area contributed by atoms with E-state index < -0.39 is 0 Å². The minimum absolute atomic E-state index is 0.640. The van der Waals surface area contributed by atoms with Crippen LogP contribution >= 0.6 is 0 Å². The molecule has 4 heteroatoms. The van der Waals surface area contributed by atoms with Crippen LogP contribution in [0.15, 0.2) is 156 Å². The molecule has 218 valence electrons. The zero-order chi connectivity index (χ0) is 31.1. The number of nitrogens with zero attached hydrogens (tertiary/aromatic N) is 3. The van der Waals surface area contributed by atoms with Crippen molar-refractivity contribution in [2.75, 3.05) is 0 Å². The summed E-state index contributed by atoms with van der Waals surface area (Å²) in [6.45, 7) is 0. The molecule has 0 saturated carbocycles. The van der Waals surface area contributed by atoms with Crippen LogP contribution < -0.4 is 0 Å². The summed E-state index contributed by atoms with van der Waals surface area (Å²) in [5.41, 5.74) is 10.8. The maximum Gasteiger partial charge on any atom is 0.137 e. The lowest BCUT2D eigenvalue weighted by atomic mass is 9.99. The van der Waals surface area contributed by atoms with Crippen molar-refractivity contribution in [2.24, 2.45) is 0 Å². The van der Waals surface area contributed by atoms with Gasteiger partial charge < -0.3 is 13.6 Å². The monoisotopic (exact) mass is 599 g/mol. The fourth-order valence-electron chi connectivity index (χ4n) is 7.47. The van der Waals surface area contributed by atoms with Gasteiger partial charge in [0.15, 0.2) is 0 Å². The quantitative estimate of drug-likeness (QED) is 0.203. The Balaban J connectivity index is 1.10. The van der Waals surface area contributed by atoms with E-state index in [0.29, 0.717) is 5.56 Å². The van der Waals surface area contributed by atoms with Gasteiger partial charge in [-0.3, -0.25) is 0 Å². The normalized spacial score (nSPS) is 11.8. The zero-order valence-electron chi connectivity index (χ0n) is 25.2. The highest BCUT2D eigenvalue weighted by Gasteiger charge is 2.17. The predicted octanol–water partition coefficient (Wildman–Crippen LogP) is 11.3. The van der Waals surface area contributed by atoms with Crippen molar-refractivity contribution in [2.45, 2.75) is 0 Å². The van der Waals surface area contributed by atoms with Crippen LogP contribution in [-0.4, -0.2) is 9.13 Å². The maximum atomic E-state index is 10.3. The first kappa shape index (κ1) is 25.7. The Morgan fingerprint density at radius 3 is 1.64 bits per heavy atom. The predicted molar refractivity (Wildman–Crippen MR) is 193 cm³/mol. The van der Waals surface area contributed by atoms with Gasteiger partial charge in [0, 0.05) is 49.8 Å².